The summed E-state index contributed by atoms with van der Waals surface area (Å²) < 4.78 is 0. The summed E-state index contributed by atoms with van der Waals surface area (Å²) in [5.41, 5.74) is 1.60. The molecule has 0 aliphatic carbocycles. The normalized spacial score (nSPS) is 9.69. The molecule has 0 spiro atoms. The van der Waals surface area contributed by atoms with Crippen molar-refractivity contribution in [1.29, 1.82) is 0 Å². The second-order valence-corrected chi connectivity index (χ2v) is 3.72. The highest BCUT2D eigenvalue weighted by Gasteiger charge is 2.16. The number of nitrogens with zero attached hydrogens (tertiary/aromatic N) is 1. The summed E-state index contributed by atoms with van der Waals surface area (Å²) >= 11 is 0. The summed E-state index contributed by atoms with van der Waals surface area (Å²) in [5, 5.41) is 0. The number of rotatable bonds is 3. The zero-order valence-corrected chi connectivity index (χ0v) is 9.78. The molecule has 0 unspecified atom stereocenters. The zero-order chi connectivity index (χ0) is 12.3. The first-order valence-corrected chi connectivity index (χ1v) is 4.98. The maximum Gasteiger partial charge on any atom is 0.253 e. The van der Waals surface area contributed by atoms with Gasteiger partial charge in [-0.25, -0.2) is 0 Å². The lowest BCUT2D eigenvalue weighted by Gasteiger charge is -2.19. The fourth-order valence-electron chi connectivity index (χ4n) is 1.46. The largest absolute Gasteiger partial charge is 0.311 e. The molecule has 1 aromatic rings. The number of hydrogen-bond donors (Lipinski definition) is 0. The number of likely N-dealkylation sites (N-methyl/N-ethyl adjacent to an activating group) is 1. The van der Waals surface area contributed by atoms with Gasteiger partial charge >= 0.3 is 0 Å². The molecule has 0 fully saturated rings. The van der Waals surface area contributed by atoms with Crippen molar-refractivity contribution in [2.45, 2.75) is 13.8 Å². The fraction of sp³-hybridized carbons (Fsp3) is 0.231. The molecule has 0 saturated carbocycles. The van der Waals surface area contributed by atoms with Crippen LogP contribution in [-0.4, -0.2) is 18.7 Å². The van der Waals surface area contributed by atoms with Crippen LogP contribution in [-0.2, 0) is 4.79 Å². The maximum absolute atomic E-state index is 11.7. The third-order valence-electron chi connectivity index (χ3n) is 2.31. The van der Waals surface area contributed by atoms with E-state index in [-0.39, 0.29) is 11.7 Å². The number of amides is 1. The molecule has 0 N–H and O–H groups in total. The summed E-state index contributed by atoms with van der Waals surface area (Å²) in [6, 6.07) is 7.03. The molecule has 1 rings (SSSR count). The topological polar surface area (TPSA) is 37.4 Å². The van der Waals surface area contributed by atoms with E-state index >= 15 is 0 Å². The minimum Gasteiger partial charge on any atom is -0.311 e. The van der Waals surface area contributed by atoms with E-state index in [4.69, 9.17) is 0 Å². The first kappa shape index (κ1) is 12.2. The predicted molar refractivity (Wildman–Crippen MR) is 64.7 cm³/mol. The Balaban J connectivity index is 3.18. The Kier molecular flexibility index (Phi) is 3.61. The lowest BCUT2D eigenvalue weighted by molar-refractivity contribution is -0.114. The summed E-state index contributed by atoms with van der Waals surface area (Å²) in [5.74, 6) is -0.245. The van der Waals surface area contributed by atoms with E-state index in [1.165, 1.54) is 11.8 Å². The lowest BCUT2D eigenvalue weighted by Crippen LogP contribution is -2.27. The first-order valence-electron chi connectivity index (χ1n) is 4.98. The molecule has 1 amide bonds. The van der Waals surface area contributed by atoms with Crippen molar-refractivity contribution in [3.8, 4) is 0 Å². The number of carbonyl (C=O) groups excluding carboxylic acids is 2. The fourth-order valence-corrected chi connectivity index (χ4v) is 1.46. The zero-order valence-electron chi connectivity index (χ0n) is 9.78. The molecule has 16 heavy (non-hydrogen) atoms. The van der Waals surface area contributed by atoms with E-state index in [1.807, 2.05) is 0 Å². The van der Waals surface area contributed by atoms with E-state index in [0.717, 1.165) is 0 Å². The third kappa shape index (κ3) is 2.37. The molecule has 0 heterocycles. The minimum absolute atomic E-state index is 0.0584. The number of anilines is 1. The van der Waals surface area contributed by atoms with Gasteiger partial charge in [0.1, 0.15) is 0 Å². The van der Waals surface area contributed by atoms with E-state index in [9.17, 15) is 9.59 Å². The highest BCUT2D eigenvalue weighted by molar-refractivity contribution is 6.09. The van der Waals surface area contributed by atoms with Gasteiger partial charge in [-0.3, -0.25) is 9.59 Å². The first-order chi connectivity index (χ1) is 7.45. The highest BCUT2D eigenvalue weighted by Crippen LogP contribution is 2.20. The molecule has 0 radical (unpaired) electrons. The molecule has 0 bridgehead atoms. The van der Waals surface area contributed by atoms with Crippen LogP contribution in [0.15, 0.2) is 36.4 Å². The van der Waals surface area contributed by atoms with Gasteiger partial charge in [0.2, 0.25) is 0 Å². The van der Waals surface area contributed by atoms with E-state index in [0.29, 0.717) is 16.8 Å². The molecule has 0 aromatic heterocycles. The number of hydrogen-bond acceptors (Lipinski definition) is 2. The van der Waals surface area contributed by atoms with Crippen molar-refractivity contribution in [3.05, 3.63) is 42.0 Å². The maximum atomic E-state index is 11.7. The minimum atomic E-state index is -0.186. The molecule has 0 atom stereocenters. The Labute approximate surface area is 95.4 Å². The van der Waals surface area contributed by atoms with Crippen molar-refractivity contribution in [3.63, 3.8) is 0 Å². The summed E-state index contributed by atoms with van der Waals surface area (Å²) in [6.07, 6.45) is 0. The van der Waals surface area contributed by atoms with Gasteiger partial charge in [0.05, 0.1) is 5.69 Å². The van der Waals surface area contributed by atoms with Gasteiger partial charge in [0.25, 0.3) is 5.91 Å². The number of benzene rings is 1. The van der Waals surface area contributed by atoms with Crippen LogP contribution >= 0.6 is 0 Å². The standard InChI is InChI=1S/C13H15NO2/c1-9(2)13(16)14(4)12-8-6-5-7-11(12)10(3)15/h5-8H,1H2,2-4H3. The molecule has 0 aliphatic rings. The van der Waals surface area contributed by atoms with Crippen molar-refractivity contribution in [2.75, 3.05) is 11.9 Å². The van der Waals surface area contributed by atoms with Crippen LogP contribution < -0.4 is 4.90 Å². The number of ketones is 1. The number of Topliss-reactive ketones (excluding diaryl/α,β-unsaturated/α-hetero) is 1. The summed E-state index contributed by atoms with van der Waals surface area (Å²) in [6.45, 7) is 6.73. The molecular formula is C13H15NO2. The van der Waals surface area contributed by atoms with Crippen LogP contribution in [0.2, 0.25) is 0 Å². The second-order valence-electron chi connectivity index (χ2n) is 3.72. The molecule has 3 heteroatoms. The molecular weight excluding hydrogens is 202 g/mol. The summed E-state index contributed by atoms with van der Waals surface area (Å²) in [4.78, 5) is 24.6. The monoisotopic (exact) mass is 217 g/mol. The smallest absolute Gasteiger partial charge is 0.253 e. The average Bonchev–Trinajstić information content (AvgIpc) is 2.26. The van der Waals surface area contributed by atoms with Crippen molar-refractivity contribution < 1.29 is 9.59 Å². The second kappa shape index (κ2) is 4.75. The Bertz CT molecular complexity index is 449. The molecule has 3 nitrogen and oxygen atoms in total. The molecule has 1 aromatic carbocycles. The number of para-hydroxylation sites is 1. The number of carbonyl (C=O) groups is 2. The van der Waals surface area contributed by atoms with Gasteiger partial charge in [-0.2, -0.15) is 0 Å². The van der Waals surface area contributed by atoms with Gasteiger partial charge < -0.3 is 4.90 Å². The van der Waals surface area contributed by atoms with E-state index < -0.39 is 0 Å². The Morgan fingerprint density at radius 3 is 2.25 bits per heavy atom. The van der Waals surface area contributed by atoms with Crippen LogP contribution in [0.3, 0.4) is 0 Å². The van der Waals surface area contributed by atoms with Gasteiger partial charge in [-0.1, -0.05) is 18.7 Å². The van der Waals surface area contributed by atoms with Crippen molar-refractivity contribution >= 4 is 17.4 Å². The predicted octanol–water partition coefficient (Wildman–Crippen LogP) is 2.43. The van der Waals surface area contributed by atoms with Crippen molar-refractivity contribution in [1.82, 2.24) is 0 Å². The van der Waals surface area contributed by atoms with Crippen LogP contribution in [0.1, 0.15) is 24.2 Å². The molecule has 0 saturated heterocycles. The van der Waals surface area contributed by atoms with E-state index in [2.05, 4.69) is 6.58 Å². The Morgan fingerprint density at radius 1 is 1.19 bits per heavy atom. The highest BCUT2D eigenvalue weighted by atomic mass is 16.2. The average molecular weight is 217 g/mol. The Hall–Kier alpha value is -1.90. The van der Waals surface area contributed by atoms with Crippen LogP contribution in [0, 0.1) is 0 Å². The lowest BCUT2D eigenvalue weighted by atomic mass is 10.1. The molecule has 0 aliphatic heterocycles. The van der Waals surface area contributed by atoms with Crippen LogP contribution in [0.5, 0.6) is 0 Å². The van der Waals surface area contributed by atoms with Crippen LogP contribution in [0.4, 0.5) is 5.69 Å². The summed E-state index contributed by atoms with van der Waals surface area (Å²) in [7, 11) is 1.64. The van der Waals surface area contributed by atoms with Gasteiger partial charge in [-0.15, -0.1) is 0 Å². The quantitative estimate of drug-likeness (QED) is 0.576. The van der Waals surface area contributed by atoms with Gasteiger partial charge in [-0.05, 0) is 26.0 Å². The van der Waals surface area contributed by atoms with Crippen molar-refractivity contribution in [2.24, 2.45) is 0 Å². The third-order valence-corrected chi connectivity index (χ3v) is 2.31. The van der Waals surface area contributed by atoms with E-state index in [1.54, 1.807) is 38.2 Å². The van der Waals surface area contributed by atoms with Gasteiger partial charge in [0.15, 0.2) is 5.78 Å². The Morgan fingerprint density at radius 2 is 1.75 bits per heavy atom. The van der Waals surface area contributed by atoms with Crippen LogP contribution in [0.25, 0.3) is 0 Å². The van der Waals surface area contributed by atoms with Gasteiger partial charge in [0, 0.05) is 18.2 Å². The SMILES string of the molecule is C=C(C)C(=O)N(C)c1ccccc1C(C)=O. The molecule has 84 valence electrons.